The Labute approximate surface area is 227 Å². The molecule has 0 saturated heterocycles. The van der Waals surface area contributed by atoms with Crippen molar-refractivity contribution in [2.24, 2.45) is 0 Å². The van der Waals surface area contributed by atoms with Crippen molar-refractivity contribution < 1.29 is 31.8 Å². The molecule has 6 nitrogen and oxygen atoms in total. The fourth-order valence-corrected chi connectivity index (χ4v) is 4.80. The van der Waals surface area contributed by atoms with Crippen LogP contribution in [0, 0.1) is 5.82 Å². The van der Waals surface area contributed by atoms with E-state index in [0.29, 0.717) is 40.1 Å². The van der Waals surface area contributed by atoms with Crippen molar-refractivity contribution in [1.82, 2.24) is 15.3 Å². The molecule has 0 bridgehead atoms. The number of carbonyl (C=O) groups is 1. The van der Waals surface area contributed by atoms with Crippen LogP contribution in [-0.4, -0.2) is 41.3 Å². The molecule has 2 aromatic carbocycles. The smallest absolute Gasteiger partial charge is 0.398 e. The number of benzene rings is 2. The minimum absolute atomic E-state index is 0.0469. The summed E-state index contributed by atoms with van der Waals surface area (Å²) >= 11 is 0. The van der Waals surface area contributed by atoms with Crippen molar-refractivity contribution in [2.45, 2.75) is 43.9 Å². The Morgan fingerprint density at radius 2 is 1.93 bits per heavy atom. The van der Waals surface area contributed by atoms with E-state index in [4.69, 9.17) is 9.47 Å². The molecule has 1 aliphatic heterocycles. The van der Waals surface area contributed by atoms with Gasteiger partial charge >= 0.3 is 6.18 Å². The maximum atomic E-state index is 14.4. The summed E-state index contributed by atoms with van der Waals surface area (Å²) in [4.78, 5) is 21.8. The van der Waals surface area contributed by atoms with E-state index in [1.165, 1.54) is 36.4 Å². The van der Waals surface area contributed by atoms with Crippen LogP contribution in [0.15, 0.2) is 60.8 Å². The van der Waals surface area contributed by atoms with Gasteiger partial charge in [-0.25, -0.2) is 9.37 Å². The largest absolute Gasteiger partial charge is 0.490 e. The second-order valence-corrected chi connectivity index (χ2v) is 10.2. The molecule has 2 aromatic heterocycles. The molecule has 1 saturated carbocycles. The van der Waals surface area contributed by atoms with Gasteiger partial charge in [0.15, 0.2) is 0 Å². The average Bonchev–Trinajstić information content (AvgIpc) is 3.67. The predicted molar refractivity (Wildman–Crippen MR) is 140 cm³/mol. The lowest BCUT2D eigenvalue weighted by molar-refractivity contribution is -0.149. The van der Waals surface area contributed by atoms with Gasteiger partial charge in [0.05, 0.1) is 18.4 Å². The monoisotopic (exact) mass is 551 g/mol. The molecule has 3 heterocycles. The van der Waals surface area contributed by atoms with Crippen LogP contribution < -0.4 is 14.8 Å². The zero-order valence-electron chi connectivity index (χ0n) is 21.5. The molecule has 206 valence electrons. The number of alkyl halides is 3. The van der Waals surface area contributed by atoms with Crippen molar-refractivity contribution in [1.29, 1.82) is 0 Å². The van der Waals surface area contributed by atoms with E-state index >= 15 is 0 Å². The van der Waals surface area contributed by atoms with Crippen molar-refractivity contribution in [3.8, 4) is 22.8 Å². The van der Waals surface area contributed by atoms with Gasteiger partial charge in [-0.3, -0.25) is 9.78 Å². The molecule has 1 amide bonds. The molecule has 4 aromatic rings. The van der Waals surface area contributed by atoms with Crippen LogP contribution in [0.25, 0.3) is 22.2 Å². The number of aromatic nitrogens is 2. The van der Waals surface area contributed by atoms with Gasteiger partial charge in [-0.05, 0) is 61.4 Å². The summed E-state index contributed by atoms with van der Waals surface area (Å²) in [7, 11) is 0. The van der Waals surface area contributed by atoms with Gasteiger partial charge in [-0.2, -0.15) is 13.2 Å². The molecule has 1 N–H and O–H groups in total. The topological polar surface area (TPSA) is 73.3 Å². The van der Waals surface area contributed by atoms with E-state index in [1.807, 2.05) is 6.92 Å². The highest BCUT2D eigenvalue weighted by molar-refractivity contribution is 5.99. The van der Waals surface area contributed by atoms with Crippen LogP contribution in [-0.2, 0) is 0 Å². The minimum Gasteiger partial charge on any atom is -0.490 e. The molecule has 1 fully saturated rings. The predicted octanol–water partition coefficient (Wildman–Crippen LogP) is 6.55. The van der Waals surface area contributed by atoms with Crippen LogP contribution in [0.4, 0.5) is 17.6 Å². The third kappa shape index (κ3) is 5.17. The van der Waals surface area contributed by atoms with Crippen LogP contribution in [0.2, 0.25) is 0 Å². The highest BCUT2D eigenvalue weighted by Crippen LogP contribution is 2.44. The third-order valence-corrected chi connectivity index (χ3v) is 7.12. The standard InChI is InChI=1S/C30H25F4N3O3/c1-16-15-39-28-22(16)13-24(37-27(28)17-4-6-20(31)7-5-17)23(30(32,33)34)14-36-29(38)19-11-18-3-2-10-35-26(18)25(12-19)40-21-8-9-21/h2-7,10-13,16,21,23H,8-9,14-15H2,1H3,(H,36,38). The van der Waals surface area contributed by atoms with E-state index in [0.717, 1.165) is 12.8 Å². The molecule has 10 heteroatoms. The number of carbonyl (C=O) groups excluding carboxylic acids is 1. The quantitative estimate of drug-likeness (QED) is 0.264. The Morgan fingerprint density at radius 3 is 2.65 bits per heavy atom. The number of nitrogens with zero attached hydrogens (tertiary/aromatic N) is 2. The zero-order valence-corrected chi connectivity index (χ0v) is 21.5. The first-order chi connectivity index (χ1) is 19.2. The summed E-state index contributed by atoms with van der Waals surface area (Å²) in [5.41, 5.74) is 1.75. The first-order valence-electron chi connectivity index (χ1n) is 13.0. The van der Waals surface area contributed by atoms with Gasteiger partial charge in [-0.15, -0.1) is 0 Å². The first kappa shape index (κ1) is 26.0. The number of amides is 1. The highest BCUT2D eigenvalue weighted by Gasteiger charge is 2.43. The van der Waals surface area contributed by atoms with Gasteiger partial charge in [0.2, 0.25) is 0 Å². The molecule has 2 unspecified atom stereocenters. The van der Waals surface area contributed by atoms with Crippen molar-refractivity contribution >= 4 is 16.8 Å². The molecule has 0 spiro atoms. The Balaban J connectivity index is 1.32. The van der Waals surface area contributed by atoms with Crippen molar-refractivity contribution in [3.05, 3.63) is 83.4 Å². The molecular formula is C30H25F4N3O3. The lowest BCUT2D eigenvalue weighted by atomic mass is 9.95. The van der Waals surface area contributed by atoms with Gasteiger partial charge < -0.3 is 14.8 Å². The van der Waals surface area contributed by atoms with Gasteiger partial charge in [-0.1, -0.05) is 13.0 Å². The fraction of sp³-hybridized carbons (Fsp3) is 0.300. The number of hydrogen-bond acceptors (Lipinski definition) is 5. The number of rotatable bonds is 7. The molecular weight excluding hydrogens is 526 g/mol. The van der Waals surface area contributed by atoms with Crippen LogP contribution in [0.3, 0.4) is 0 Å². The molecule has 2 aliphatic rings. The molecule has 2 atom stereocenters. The number of fused-ring (bicyclic) bond motifs is 2. The number of pyridine rings is 2. The molecule has 1 aliphatic carbocycles. The average molecular weight is 552 g/mol. The second-order valence-electron chi connectivity index (χ2n) is 10.2. The van der Waals surface area contributed by atoms with Crippen LogP contribution in [0.5, 0.6) is 11.5 Å². The lowest BCUT2D eigenvalue weighted by Gasteiger charge is -2.22. The minimum atomic E-state index is -4.70. The molecule has 40 heavy (non-hydrogen) atoms. The van der Waals surface area contributed by atoms with Crippen LogP contribution >= 0.6 is 0 Å². The molecule has 0 radical (unpaired) electrons. The zero-order chi connectivity index (χ0) is 28.0. The van der Waals surface area contributed by atoms with E-state index in [1.54, 1.807) is 24.4 Å². The summed E-state index contributed by atoms with van der Waals surface area (Å²) in [6, 6.07) is 13.3. The fourth-order valence-electron chi connectivity index (χ4n) is 4.80. The number of halogens is 4. The summed E-state index contributed by atoms with van der Waals surface area (Å²) in [5, 5.41) is 3.10. The SMILES string of the molecule is CC1COc2c1cc(C(CNC(=O)c1cc(OC3CC3)c3ncccc3c1)C(F)(F)F)nc2-c1ccc(F)cc1. The second kappa shape index (κ2) is 10.1. The Kier molecular flexibility index (Phi) is 6.56. The lowest BCUT2D eigenvalue weighted by Crippen LogP contribution is -2.35. The summed E-state index contributed by atoms with van der Waals surface area (Å²) in [6.07, 6.45) is -1.24. The maximum Gasteiger partial charge on any atom is 0.398 e. The summed E-state index contributed by atoms with van der Waals surface area (Å²) in [5.74, 6) is -2.57. The normalized spacial score (nSPS) is 17.3. The van der Waals surface area contributed by atoms with E-state index in [9.17, 15) is 22.4 Å². The number of hydrogen-bond donors (Lipinski definition) is 1. The maximum absolute atomic E-state index is 14.4. The van der Waals surface area contributed by atoms with Crippen molar-refractivity contribution in [3.63, 3.8) is 0 Å². The third-order valence-electron chi connectivity index (χ3n) is 7.12. The van der Waals surface area contributed by atoms with Crippen LogP contribution in [0.1, 0.15) is 53.2 Å². The van der Waals surface area contributed by atoms with Crippen molar-refractivity contribution in [2.75, 3.05) is 13.2 Å². The Bertz CT molecular complexity index is 1590. The number of ether oxygens (including phenoxy) is 2. The van der Waals surface area contributed by atoms with Gasteiger partial charge in [0.1, 0.15) is 34.4 Å². The summed E-state index contributed by atoms with van der Waals surface area (Å²) in [6.45, 7) is 1.42. The van der Waals surface area contributed by atoms with Gasteiger partial charge in [0.25, 0.3) is 5.91 Å². The highest BCUT2D eigenvalue weighted by atomic mass is 19.4. The van der Waals surface area contributed by atoms with E-state index < -0.39 is 30.4 Å². The Hall–Kier alpha value is -4.21. The summed E-state index contributed by atoms with van der Waals surface area (Å²) < 4.78 is 68.5. The van der Waals surface area contributed by atoms with Gasteiger partial charge in [0, 0.05) is 40.7 Å². The molecule has 6 rings (SSSR count). The number of nitrogens with one attached hydrogen (secondary N) is 1. The van der Waals surface area contributed by atoms with E-state index in [2.05, 4.69) is 15.3 Å². The first-order valence-corrected chi connectivity index (χ1v) is 13.0. The Morgan fingerprint density at radius 1 is 1.15 bits per heavy atom. The van der Waals surface area contributed by atoms with E-state index in [-0.39, 0.29) is 29.0 Å².